The van der Waals surface area contributed by atoms with Crippen molar-refractivity contribution in [2.45, 2.75) is 6.92 Å². The van der Waals surface area contributed by atoms with E-state index in [1.165, 1.54) is 0 Å². The van der Waals surface area contributed by atoms with Crippen LogP contribution in [0.15, 0.2) is 36.4 Å². The zero-order valence-electron chi connectivity index (χ0n) is 14.9. The Morgan fingerprint density at radius 2 is 1.65 bits per heavy atom. The van der Waals surface area contributed by atoms with Crippen LogP contribution in [-0.2, 0) is 4.74 Å². The van der Waals surface area contributed by atoms with Gasteiger partial charge >= 0.3 is 18.9 Å². The number of hydrogen-bond acceptors (Lipinski definition) is 5. The van der Waals surface area contributed by atoms with E-state index in [-0.39, 0.29) is 33.0 Å². The summed E-state index contributed by atoms with van der Waals surface area (Å²) in [5.41, 5.74) is 1.46. The summed E-state index contributed by atoms with van der Waals surface area (Å²) in [6, 6.07) is 11.1. The number of rotatable bonds is 9. The number of aryl methyl sites for hydroxylation is 1. The van der Waals surface area contributed by atoms with Gasteiger partial charge in [0.15, 0.2) is 5.52 Å². The average Bonchev–Trinajstić information content (AvgIpc) is 2.63. The molecule has 2 aromatic rings. The molecular formula is C19H24LiO5P. The molecule has 0 amide bonds. The monoisotopic (exact) mass is 370 g/mol. The molecule has 0 aliphatic rings. The van der Waals surface area contributed by atoms with Crippen molar-refractivity contribution in [2.75, 3.05) is 34.5 Å². The maximum absolute atomic E-state index is 12.8. The van der Waals surface area contributed by atoms with Crippen molar-refractivity contribution in [1.82, 2.24) is 0 Å². The van der Waals surface area contributed by atoms with E-state index < -0.39 is 0 Å². The first-order valence-electron chi connectivity index (χ1n) is 7.85. The molecule has 0 fully saturated rings. The van der Waals surface area contributed by atoms with Crippen LogP contribution < -0.4 is 19.5 Å². The van der Waals surface area contributed by atoms with Gasteiger partial charge in [0.25, 0.3) is 0 Å². The summed E-state index contributed by atoms with van der Waals surface area (Å²) in [6.45, 7) is 3.00. The van der Waals surface area contributed by atoms with Crippen molar-refractivity contribution in [3.05, 3.63) is 47.5 Å². The molecule has 0 saturated carbocycles. The Kier molecular flexibility index (Phi) is 9.76. The van der Waals surface area contributed by atoms with Crippen LogP contribution in [-0.4, -0.2) is 58.9 Å². The fraction of sp³-hybridized carbons (Fsp3) is 0.316. The Balaban J connectivity index is 0.00000338. The van der Waals surface area contributed by atoms with E-state index in [0.717, 1.165) is 16.6 Å². The molecule has 2 rings (SSSR count). The van der Waals surface area contributed by atoms with E-state index in [1.54, 1.807) is 39.5 Å². The van der Waals surface area contributed by atoms with E-state index >= 15 is 0 Å². The van der Waals surface area contributed by atoms with E-state index in [4.69, 9.17) is 18.9 Å². The molecule has 0 heterocycles. The summed E-state index contributed by atoms with van der Waals surface area (Å²) in [4.78, 5) is 12.8. The maximum atomic E-state index is 12.8. The fourth-order valence-corrected chi connectivity index (χ4v) is 3.42. The first-order valence-corrected chi connectivity index (χ1v) is 8.85. The molecule has 26 heavy (non-hydrogen) atoms. The minimum absolute atomic E-state index is 0. The van der Waals surface area contributed by atoms with Crippen molar-refractivity contribution >= 4 is 38.3 Å². The number of benzene rings is 2. The second-order valence-corrected chi connectivity index (χ2v) is 6.55. The number of methoxy groups -OCH3 is 3. The molecule has 1 atom stereocenters. The van der Waals surface area contributed by atoms with Crippen molar-refractivity contribution < 1.29 is 23.7 Å². The quantitative estimate of drug-likeness (QED) is 0.386. The van der Waals surface area contributed by atoms with Crippen LogP contribution in [0.1, 0.15) is 15.9 Å². The van der Waals surface area contributed by atoms with Gasteiger partial charge in [0.1, 0.15) is 29.4 Å². The Bertz CT molecular complexity index is 714. The summed E-state index contributed by atoms with van der Waals surface area (Å²) in [5.74, 6) is 1.81. The third-order valence-electron chi connectivity index (χ3n) is 3.66. The van der Waals surface area contributed by atoms with Gasteiger partial charge in [-0.2, -0.15) is 0 Å². The van der Waals surface area contributed by atoms with Gasteiger partial charge < -0.3 is 18.9 Å². The van der Waals surface area contributed by atoms with Crippen molar-refractivity contribution in [3.8, 4) is 17.2 Å². The van der Waals surface area contributed by atoms with E-state index in [0.29, 0.717) is 30.3 Å². The molecule has 0 aliphatic heterocycles. The van der Waals surface area contributed by atoms with Crippen molar-refractivity contribution in [3.63, 3.8) is 0 Å². The third-order valence-corrected chi connectivity index (χ3v) is 4.96. The van der Waals surface area contributed by atoms with Gasteiger partial charge in [0.05, 0.1) is 20.8 Å². The van der Waals surface area contributed by atoms with Gasteiger partial charge in [-0.1, -0.05) is 12.1 Å². The number of carbonyl (C=O) groups excluding carboxylic acids is 1. The third kappa shape index (κ3) is 5.76. The van der Waals surface area contributed by atoms with Crippen LogP contribution in [0.25, 0.3) is 0 Å². The summed E-state index contributed by atoms with van der Waals surface area (Å²) in [5, 5.41) is 0.969. The summed E-state index contributed by atoms with van der Waals surface area (Å²) in [6.07, 6.45) is 0. The molecule has 7 heteroatoms. The zero-order chi connectivity index (χ0) is 18.2. The van der Waals surface area contributed by atoms with E-state index in [1.807, 2.05) is 25.1 Å². The first kappa shape index (κ1) is 22.5. The summed E-state index contributed by atoms with van der Waals surface area (Å²) in [7, 11) is 4.70. The molecule has 2 aromatic carbocycles. The second kappa shape index (κ2) is 11.3. The predicted octanol–water partition coefficient (Wildman–Crippen LogP) is 2.53. The van der Waals surface area contributed by atoms with Crippen molar-refractivity contribution in [1.29, 1.82) is 0 Å². The molecular weight excluding hydrogens is 346 g/mol. The minimum atomic E-state index is -0.0270. The Hall–Kier alpha value is -1.50. The normalized spacial score (nSPS) is 10.5. The molecule has 0 N–H and O–H groups in total. The predicted molar refractivity (Wildman–Crippen MR) is 108 cm³/mol. The molecule has 5 nitrogen and oxygen atoms in total. The van der Waals surface area contributed by atoms with E-state index in [2.05, 4.69) is 0 Å². The molecule has 0 aliphatic carbocycles. The Morgan fingerprint density at radius 1 is 1.00 bits per heavy atom. The average molecular weight is 370 g/mol. The SMILES string of the molecule is COCCOc1ccc(PC(=O)c2c(OC)cccc2OC)c(C)c1.[LiH]. The first-order chi connectivity index (χ1) is 12.1. The van der Waals surface area contributed by atoms with Crippen LogP contribution >= 0.6 is 8.58 Å². The summed E-state index contributed by atoms with van der Waals surface area (Å²) >= 11 is 0. The van der Waals surface area contributed by atoms with Gasteiger partial charge in [-0.25, -0.2) is 0 Å². The van der Waals surface area contributed by atoms with Crippen LogP contribution in [0.5, 0.6) is 17.2 Å². The second-order valence-electron chi connectivity index (χ2n) is 5.31. The van der Waals surface area contributed by atoms with Gasteiger partial charge in [-0.05, 0) is 50.6 Å². The Morgan fingerprint density at radius 3 is 2.19 bits per heavy atom. The van der Waals surface area contributed by atoms with Crippen molar-refractivity contribution in [2.24, 2.45) is 0 Å². The van der Waals surface area contributed by atoms with Gasteiger partial charge in [0, 0.05) is 7.11 Å². The van der Waals surface area contributed by atoms with Gasteiger partial charge in [0.2, 0.25) is 0 Å². The standard InChI is InChI=1S/C19H23O5P.Li.H/c1-13-12-14(24-11-10-21-2)8-9-17(13)25-19(20)18-15(22-3)6-5-7-16(18)23-4;;/h5-9,12,25H,10-11H2,1-4H3;;. The summed E-state index contributed by atoms with van der Waals surface area (Å²) < 4.78 is 21.2. The Labute approximate surface area is 168 Å². The number of hydrogen-bond donors (Lipinski definition) is 0. The van der Waals surface area contributed by atoms with Gasteiger partial charge in [-0.3, -0.25) is 4.79 Å². The van der Waals surface area contributed by atoms with Crippen LogP contribution in [0.2, 0.25) is 0 Å². The van der Waals surface area contributed by atoms with Crippen LogP contribution in [0.3, 0.4) is 0 Å². The molecule has 0 spiro atoms. The topological polar surface area (TPSA) is 54.0 Å². The van der Waals surface area contributed by atoms with E-state index in [9.17, 15) is 4.79 Å². The van der Waals surface area contributed by atoms with Gasteiger partial charge in [-0.15, -0.1) is 0 Å². The molecule has 0 bridgehead atoms. The molecule has 0 radical (unpaired) electrons. The molecule has 0 saturated heterocycles. The molecule has 1 unspecified atom stereocenters. The van der Waals surface area contributed by atoms with Crippen LogP contribution in [0.4, 0.5) is 0 Å². The fourth-order valence-electron chi connectivity index (χ4n) is 2.37. The zero-order valence-corrected chi connectivity index (χ0v) is 15.9. The van der Waals surface area contributed by atoms with Crippen LogP contribution in [0, 0.1) is 6.92 Å². The molecule has 136 valence electrons. The number of carbonyl (C=O) groups is 1. The molecule has 0 aromatic heterocycles. The number of ether oxygens (including phenoxy) is 4.